The van der Waals surface area contributed by atoms with Crippen LogP contribution in [0.5, 0.6) is 0 Å². The fourth-order valence-electron chi connectivity index (χ4n) is 2.80. The third-order valence-corrected chi connectivity index (χ3v) is 3.83. The van der Waals surface area contributed by atoms with Gasteiger partial charge < -0.3 is 10.2 Å². The molecule has 0 radical (unpaired) electrons. The van der Waals surface area contributed by atoms with Crippen molar-refractivity contribution in [3.05, 3.63) is 35.4 Å². The van der Waals surface area contributed by atoms with Crippen LogP contribution in [-0.4, -0.2) is 36.0 Å². The molecular formula is C17H26N2O. The van der Waals surface area contributed by atoms with Crippen molar-refractivity contribution < 1.29 is 4.79 Å². The van der Waals surface area contributed by atoms with Gasteiger partial charge in [0.05, 0.1) is 0 Å². The molecule has 1 aromatic carbocycles. The highest BCUT2D eigenvalue weighted by Crippen LogP contribution is 2.14. The first-order valence-corrected chi connectivity index (χ1v) is 7.58. The molecule has 110 valence electrons. The van der Waals surface area contributed by atoms with Gasteiger partial charge in [0.25, 0.3) is 5.91 Å². The first-order valence-electron chi connectivity index (χ1n) is 7.58. The standard InChI is InChI=1S/C17H26N2O/c1-14-7-9-15(10-8-14)16(20)18-17(2,3)13-19-11-5-4-6-12-19/h7-10H,4-6,11-13H2,1-3H3,(H,18,20). The molecule has 1 aliphatic heterocycles. The Morgan fingerprint density at radius 1 is 1.15 bits per heavy atom. The summed E-state index contributed by atoms with van der Waals surface area (Å²) in [6, 6.07) is 7.74. The highest BCUT2D eigenvalue weighted by Gasteiger charge is 2.25. The highest BCUT2D eigenvalue weighted by molar-refractivity contribution is 5.94. The number of hydrogen-bond acceptors (Lipinski definition) is 2. The molecule has 0 aliphatic carbocycles. The first-order chi connectivity index (χ1) is 9.46. The van der Waals surface area contributed by atoms with Gasteiger partial charge in [0.15, 0.2) is 0 Å². The van der Waals surface area contributed by atoms with Gasteiger partial charge in [0.1, 0.15) is 0 Å². The number of carbonyl (C=O) groups excluding carboxylic acids is 1. The maximum Gasteiger partial charge on any atom is 0.251 e. The van der Waals surface area contributed by atoms with E-state index >= 15 is 0 Å². The molecule has 20 heavy (non-hydrogen) atoms. The molecule has 0 aromatic heterocycles. The van der Waals surface area contributed by atoms with E-state index in [1.54, 1.807) is 0 Å². The fraction of sp³-hybridized carbons (Fsp3) is 0.588. The monoisotopic (exact) mass is 274 g/mol. The van der Waals surface area contributed by atoms with E-state index in [0.717, 1.165) is 25.2 Å². The van der Waals surface area contributed by atoms with Crippen molar-refractivity contribution in [2.24, 2.45) is 0 Å². The Hall–Kier alpha value is -1.35. The van der Waals surface area contributed by atoms with Gasteiger partial charge in [-0.25, -0.2) is 0 Å². The number of aryl methyl sites for hydroxylation is 1. The number of likely N-dealkylation sites (tertiary alicyclic amines) is 1. The molecular weight excluding hydrogens is 248 g/mol. The van der Waals surface area contributed by atoms with E-state index in [1.807, 2.05) is 31.2 Å². The lowest BCUT2D eigenvalue weighted by Crippen LogP contribution is -2.52. The molecule has 1 fully saturated rings. The van der Waals surface area contributed by atoms with E-state index in [0.29, 0.717) is 0 Å². The van der Waals surface area contributed by atoms with Crippen LogP contribution < -0.4 is 5.32 Å². The van der Waals surface area contributed by atoms with Crippen LogP contribution in [0.3, 0.4) is 0 Å². The van der Waals surface area contributed by atoms with Crippen molar-refractivity contribution in [2.75, 3.05) is 19.6 Å². The summed E-state index contributed by atoms with van der Waals surface area (Å²) in [7, 11) is 0. The normalized spacial score (nSPS) is 16.9. The molecule has 0 unspecified atom stereocenters. The van der Waals surface area contributed by atoms with Crippen LogP contribution in [0.25, 0.3) is 0 Å². The third-order valence-electron chi connectivity index (χ3n) is 3.83. The van der Waals surface area contributed by atoms with Crippen LogP contribution in [0.2, 0.25) is 0 Å². The van der Waals surface area contributed by atoms with Crippen LogP contribution in [0.4, 0.5) is 0 Å². The third kappa shape index (κ3) is 4.34. The summed E-state index contributed by atoms with van der Waals surface area (Å²) in [6.07, 6.45) is 3.90. The Morgan fingerprint density at radius 3 is 2.35 bits per heavy atom. The number of nitrogens with one attached hydrogen (secondary N) is 1. The summed E-state index contributed by atoms with van der Waals surface area (Å²) in [4.78, 5) is 14.7. The molecule has 3 heteroatoms. The van der Waals surface area contributed by atoms with E-state index in [2.05, 4.69) is 24.1 Å². The zero-order valence-electron chi connectivity index (χ0n) is 12.9. The maximum atomic E-state index is 12.3. The summed E-state index contributed by atoms with van der Waals surface area (Å²) in [5.74, 6) is 0.0204. The number of rotatable bonds is 4. The number of piperidine rings is 1. The van der Waals surface area contributed by atoms with Gasteiger partial charge in [0, 0.05) is 17.6 Å². The summed E-state index contributed by atoms with van der Waals surface area (Å²) in [5.41, 5.74) is 1.72. The molecule has 1 aliphatic rings. The van der Waals surface area contributed by atoms with Crippen LogP contribution in [0, 0.1) is 6.92 Å². The predicted molar refractivity (Wildman–Crippen MR) is 83.0 cm³/mol. The molecule has 0 spiro atoms. The second-order valence-corrected chi connectivity index (χ2v) is 6.54. The number of benzene rings is 1. The minimum atomic E-state index is -0.195. The molecule has 1 amide bonds. The average Bonchev–Trinajstić information content (AvgIpc) is 2.39. The van der Waals surface area contributed by atoms with Crippen LogP contribution in [0.15, 0.2) is 24.3 Å². The Morgan fingerprint density at radius 2 is 1.75 bits per heavy atom. The quantitative estimate of drug-likeness (QED) is 0.915. The Labute approximate surface area is 122 Å². The second-order valence-electron chi connectivity index (χ2n) is 6.54. The van der Waals surface area contributed by atoms with Crippen molar-refractivity contribution in [2.45, 2.75) is 45.6 Å². The largest absolute Gasteiger partial charge is 0.346 e. The lowest BCUT2D eigenvalue weighted by Gasteiger charge is -2.35. The molecule has 3 nitrogen and oxygen atoms in total. The lowest BCUT2D eigenvalue weighted by atomic mass is 10.0. The van der Waals surface area contributed by atoms with E-state index in [9.17, 15) is 4.79 Å². The minimum Gasteiger partial charge on any atom is -0.346 e. The van der Waals surface area contributed by atoms with Crippen molar-refractivity contribution in [1.82, 2.24) is 10.2 Å². The molecule has 1 saturated heterocycles. The van der Waals surface area contributed by atoms with Gasteiger partial charge in [-0.2, -0.15) is 0 Å². The minimum absolute atomic E-state index is 0.0204. The molecule has 2 rings (SSSR count). The van der Waals surface area contributed by atoms with Gasteiger partial charge in [-0.05, 0) is 58.8 Å². The molecule has 1 heterocycles. The zero-order valence-corrected chi connectivity index (χ0v) is 12.9. The second kappa shape index (κ2) is 6.40. The Bertz CT molecular complexity index is 445. The van der Waals surface area contributed by atoms with Crippen LogP contribution in [0.1, 0.15) is 49.0 Å². The topological polar surface area (TPSA) is 32.3 Å². The Kier molecular flexibility index (Phi) is 4.81. The molecule has 0 bridgehead atoms. The van der Waals surface area contributed by atoms with Gasteiger partial charge in [-0.3, -0.25) is 4.79 Å². The van der Waals surface area contributed by atoms with Crippen LogP contribution in [-0.2, 0) is 0 Å². The number of carbonyl (C=O) groups is 1. The lowest BCUT2D eigenvalue weighted by molar-refractivity contribution is 0.0878. The summed E-state index contributed by atoms with van der Waals surface area (Å²) in [5, 5.41) is 3.16. The smallest absolute Gasteiger partial charge is 0.251 e. The summed E-state index contributed by atoms with van der Waals surface area (Å²) >= 11 is 0. The Balaban J connectivity index is 1.92. The number of amides is 1. The highest BCUT2D eigenvalue weighted by atomic mass is 16.1. The molecule has 1 aromatic rings. The van der Waals surface area contributed by atoms with E-state index in [4.69, 9.17) is 0 Å². The number of nitrogens with zero attached hydrogens (tertiary/aromatic N) is 1. The SMILES string of the molecule is Cc1ccc(C(=O)NC(C)(C)CN2CCCCC2)cc1. The molecule has 0 saturated carbocycles. The zero-order chi connectivity index (χ0) is 14.6. The van der Waals surface area contributed by atoms with Crippen molar-refractivity contribution in [1.29, 1.82) is 0 Å². The molecule has 0 atom stereocenters. The summed E-state index contributed by atoms with van der Waals surface area (Å²) < 4.78 is 0. The van der Waals surface area contributed by atoms with Crippen LogP contribution >= 0.6 is 0 Å². The van der Waals surface area contributed by atoms with Gasteiger partial charge in [0.2, 0.25) is 0 Å². The average molecular weight is 274 g/mol. The van der Waals surface area contributed by atoms with Crippen molar-refractivity contribution in [3.63, 3.8) is 0 Å². The van der Waals surface area contributed by atoms with E-state index in [-0.39, 0.29) is 11.4 Å². The van der Waals surface area contributed by atoms with Crippen molar-refractivity contribution in [3.8, 4) is 0 Å². The number of hydrogen-bond donors (Lipinski definition) is 1. The molecule has 1 N–H and O–H groups in total. The maximum absolute atomic E-state index is 12.3. The van der Waals surface area contributed by atoms with Gasteiger partial charge >= 0.3 is 0 Å². The van der Waals surface area contributed by atoms with E-state index < -0.39 is 0 Å². The fourth-order valence-corrected chi connectivity index (χ4v) is 2.80. The van der Waals surface area contributed by atoms with Crippen molar-refractivity contribution >= 4 is 5.91 Å². The van der Waals surface area contributed by atoms with Gasteiger partial charge in [-0.1, -0.05) is 24.1 Å². The van der Waals surface area contributed by atoms with E-state index in [1.165, 1.54) is 24.8 Å². The van der Waals surface area contributed by atoms with Gasteiger partial charge in [-0.15, -0.1) is 0 Å². The predicted octanol–water partition coefficient (Wildman–Crippen LogP) is 2.99. The summed E-state index contributed by atoms with van der Waals surface area (Å²) in [6.45, 7) is 9.47. The first kappa shape index (κ1) is 15.0.